The quantitative estimate of drug-likeness (QED) is 0.598. The summed E-state index contributed by atoms with van der Waals surface area (Å²) in [6.07, 6.45) is 4.74. The molecule has 0 radical (unpaired) electrons. The van der Waals surface area contributed by atoms with Crippen molar-refractivity contribution in [2.45, 2.75) is 26.7 Å². The number of hydrogen-bond donors (Lipinski definition) is 0. The molecule has 0 nitrogen and oxygen atoms in total. The van der Waals surface area contributed by atoms with Crippen molar-refractivity contribution in [2.75, 3.05) is 0 Å². The maximum atomic E-state index is 2.36. The summed E-state index contributed by atoms with van der Waals surface area (Å²) in [5.41, 5.74) is 5.76. The zero-order valence-corrected chi connectivity index (χ0v) is 9.88. The van der Waals surface area contributed by atoms with Gasteiger partial charge in [-0.25, -0.2) is 0 Å². The van der Waals surface area contributed by atoms with Gasteiger partial charge in [-0.3, -0.25) is 0 Å². The monoisotopic (exact) mass is 208 g/mol. The Morgan fingerprint density at radius 1 is 1.00 bits per heavy atom. The van der Waals surface area contributed by atoms with Crippen molar-refractivity contribution in [3.8, 4) is 0 Å². The van der Waals surface area contributed by atoms with Crippen LogP contribution in [0.15, 0.2) is 36.4 Å². The molecule has 0 bridgehead atoms. The average molecular weight is 208 g/mol. The summed E-state index contributed by atoms with van der Waals surface area (Å²) in [5.74, 6) is 0. The van der Waals surface area contributed by atoms with Crippen molar-refractivity contribution >= 4 is 16.3 Å². The minimum absolute atomic E-state index is 1.19. The molecular formula is C16H16. The molecule has 2 aromatic rings. The van der Waals surface area contributed by atoms with Crippen LogP contribution in [0.25, 0.3) is 16.3 Å². The van der Waals surface area contributed by atoms with Gasteiger partial charge >= 0.3 is 0 Å². The molecule has 0 amide bonds. The predicted molar refractivity (Wildman–Crippen MR) is 70.7 cm³/mol. The van der Waals surface area contributed by atoms with Crippen molar-refractivity contribution in [3.63, 3.8) is 0 Å². The standard InChI is InChI=1S/C16H16/c1-11-6-9-15-14(10-11)8-7-13-5-3-4-12(2)16(13)15/h4,6-10H,3,5H2,1-2H3. The summed E-state index contributed by atoms with van der Waals surface area (Å²) in [7, 11) is 0. The largest absolute Gasteiger partial charge is 0.0806 e. The Morgan fingerprint density at radius 2 is 1.88 bits per heavy atom. The zero-order chi connectivity index (χ0) is 11.1. The Morgan fingerprint density at radius 3 is 2.75 bits per heavy atom. The second-order valence-electron chi connectivity index (χ2n) is 4.75. The lowest BCUT2D eigenvalue weighted by atomic mass is 9.87. The third kappa shape index (κ3) is 1.37. The molecule has 2 aromatic carbocycles. The molecule has 1 aliphatic carbocycles. The van der Waals surface area contributed by atoms with Gasteiger partial charge in [0, 0.05) is 0 Å². The van der Waals surface area contributed by atoms with Crippen LogP contribution in [0.4, 0.5) is 0 Å². The number of aryl methyl sites for hydroxylation is 2. The first-order chi connectivity index (χ1) is 7.75. The molecule has 0 unspecified atom stereocenters. The van der Waals surface area contributed by atoms with E-state index >= 15 is 0 Å². The molecule has 80 valence electrons. The number of allylic oxidation sites excluding steroid dienone is 2. The summed E-state index contributed by atoms with van der Waals surface area (Å²) >= 11 is 0. The number of benzene rings is 2. The SMILES string of the molecule is CC1=CCCc2ccc3cc(C)ccc3c21. The molecule has 0 N–H and O–H groups in total. The fraction of sp³-hybridized carbons (Fsp3) is 0.250. The van der Waals surface area contributed by atoms with Crippen molar-refractivity contribution in [1.29, 1.82) is 0 Å². The maximum Gasteiger partial charge on any atom is -0.0106 e. The normalized spacial score (nSPS) is 14.8. The Kier molecular flexibility index (Phi) is 2.10. The van der Waals surface area contributed by atoms with E-state index in [4.69, 9.17) is 0 Å². The molecule has 0 spiro atoms. The summed E-state index contributed by atoms with van der Waals surface area (Å²) in [6.45, 7) is 4.39. The number of fused-ring (bicyclic) bond motifs is 3. The molecule has 0 saturated carbocycles. The summed E-state index contributed by atoms with van der Waals surface area (Å²) < 4.78 is 0. The van der Waals surface area contributed by atoms with E-state index in [0.29, 0.717) is 0 Å². The second-order valence-corrected chi connectivity index (χ2v) is 4.75. The molecule has 0 atom stereocenters. The molecule has 3 rings (SSSR count). The van der Waals surface area contributed by atoms with E-state index < -0.39 is 0 Å². The van der Waals surface area contributed by atoms with E-state index in [1.54, 1.807) is 0 Å². The van der Waals surface area contributed by atoms with E-state index in [-0.39, 0.29) is 0 Å². The van der Waals surface area contributed by atoms with Gasteiger partial charge in [0.1, 0.15) is 0 Å². The highest BCUT2D eigenvalue weighted by molar-refractivity contribution is 5.95. The van der Waals surface area contributed by atoms with E-state index in [0.717, 1.165) is 0 Å². The third-order valence-corrected chi connectivity index (χ3v) is 3.52. The van der Waals surface area contributed by atoms with Crippen LogP contribution in [0.3, 0.4) is 0 Å². The number of hydrogen-bond acceptors (Lipinski definition) is 0. The van der Waals surface area contributed by atoms with Crippen molar-refractivity contribution in [1.82, 2.24) is 0 Å². The molecule has 0 aliphatic heterocycles. The second kappa shape index (κ2) is 3.48. The van der Waals surface area contributed by atoms with E-state index in [1.165, 1.54) is 45.9 Å². The van der Waals surface area contributed by atoms with E-state index in [1.807, 2.05) is 0 Å². The molecule has 16 heavy (non-hydrogen) atoms. The minimum Gasteiger partial charge on any atom is -0.0806 e. The Balaban J connectivity index is 2.40. The topological polar surface area (TPSA) is 0 Å². The van der Waals surface area contributed by atoms with Gasteiger partial charge in [-0.2, -0.15) is 0 Å². The fourth-order valence-electron chi connectivity index (χ4n) is 2.71. The van der Waals surface area contributed by atoms with Crippen LogP contribution in [0.5, 0.6) is 0 Å². The van der Waals surface area contributed by atoms with Crippen LogP contribution in [0.1, 0.15) is 30.0 Å². The highest BCUT2D eigenvalue weighted by Gasteiger charge is 2.12. The van der Waals surface area contributed by atoms with Crippen LogP contribution in [0.2, 0.25) is 0 Å². The first kappa shape index (κ1) is 9.65. The Labute approximate surface area is 96.6 Å². The molecule has 0 fully saturated rings. The van der Waals surface area contributed by atoms with Crippen molar-refractivity contribution in [2.24, 2.45) is 0 Å². The van der Waals surface area contributed by atoms with Crippen LogP contribution in [-0.2, 0) is 6.42 Å². The van der Waals surface area contributed by atoms with Gasteiger partial charge in [0.05, 0.1) is 0 Å². The summed E-state index contributed by atoms with van der Waals surface area (Å²) in [5, 5.41) is 2.78. The van der Waals surface area contributed by atoms with Gasteiger partial charge in [0.25, 0.3) is 0 Å². The average Bonchev–Trinajstić information content (AvgIpc) is 2.29. The molecule has 1 aliphatic rings. The highest BCUT2D eigenvalue weighted by atomic mass is 14.2. The van der Waals surface area contributed by atoms with Crippen molar-refractivity contribution in [3.05, 3.63) is 53.1 Å². The van der Waals surface area contributed by atoms with Crippen LogP contribution in [0, 0.1) is 6.92 Å². The van der Waals surface area contributed by atoms with Gasteiger partial charge in [-0.05, 0) is 54.2 Å². The zero-order valence-electron chi connectivity index (χ0n) is 9.88. The lowest BCUT2D eigenvalue weighted by Gasteiger charge is -2.17. The van der Waals surface area contributed by atoms with Gasteiger partial charge < -0.3 is 0 Å². The Hall–Kier alpha value is -1.56. The first-order valence-corrected chi connectivity index (χ1v) is 5.95. The van der Waals surface area contributed by atoms with E-state index in [2.05, 4.69) is 50.3 Å². The lowest BCUT2D eigenvalue weighted by Crippen LogP contribution is -1.98. The molecule has 0 heterocycles. The van der Waals surface area contributed by atoms with Gasteiger partial charge in [0.2, 0.25) is 0 Å². The molecule has 0 saturated heterocycles. The van der Waals surface area contributed by atoms with Crippen LogP contribution < -0.4 is 0 Å². The van der Waals surface area contributed by atoms with E-state index in [9.17, 15) is 0 Å². The maximum absolute atomic E-state index is 2.36. The Bertz CT molecular complexity index is 588. The summed E-state index contributed by atoms with van der Waals surface area (Å²) in [6, 6.07) is 11.3. The third-order valence-electron chi connectivity index (χ3n) is 3.52. The summed E-state index contributed by atoms with van der Waals surface area (Å²) in [4.78, 5) is 0. The molecule has 0 heteroatoms. The van der Waals surface area contributed by atoms with Gasteiger partial charge in [0.15, 0.2) is 0 Å². The highest BCUT2D eigenvalue weighted by Crippen LogP contribution is 2.33. The molecular weight excluding hydrogens is 192 g/mol. The predicted octanol–water partition coefficient (Wildman–Crippen LogP) is 4.50. The molecule has 0 aromatic heterocycles. The van der Waals surface area contributed by atoms with Crippen molar-refractivity contribution < 1.29 is 0 Å². The number of rotatable bonds is 0. The smallest absolute Gasteiger partial charge is 0.0106 e. The fourth-order valence-corrected chi connectivity index (χ4v) is 2.71. The van der Waals surface area contributed by atoms with Gasteiger partial charge in [-0.15, -0.1) is 0 Å². The lowest BCUT2D eigenvalue weighted by molar-refractivity contribution is 0.980. The van der Waals surface area contributed by atoms with Gasteiger partial charge in [-0.1, -0.05) is 42.0 Å². The van der Waals surface area contributed by atoms with Crippen LogP contribution >= 0.6 is 0 Å². The minimum atomic E-state index is 1.19. The first-order valence-electron chi connectivity index (χ1n) is 5.95. The van der Waals surface area contributed by atoms with Crippen LogP contribution in [-0.4, -0.2) is 0 Å².